The number of amidine groups is 1. The summed E-state index contributed by atoms with van der Waals surface area (Å²) in [5, 5.41) is 11.1. The van der Waals surface area contributed by atoms with Gasteiger partial charge in [-0.3, -0.25) is 9.89 Å². The molecule has 0 bridgehead atoms. The molecule has 0 saturated heterocycles. The molecule has 0 radical (unpaired) electrons. The Bertz CT molecular complexity index is 380. The summed E-state index contributed by atoms with van der Waals surface area (Å²) in [5.41, 5.74) is 0.995. The van der Waals surface area contributed by atoms with Gasteiger partial charge in [0.2, 0.25) is 0 Å². The van der Waals surface area contributed by atoms with E-state index < -0.39 is 6.23 Å². The highest BCUT2D eigenvalue weighted by Crippen LogP contribution is 2.26. The average molecular weight is 236 g/mol. The number of thioether (sulfide) groups is 1. The van der Waals surface area contributed by atoms with Crippen LogP contribution in [0.2, 0.25) is 0 Å². The van der Waals surface area contributed by atoms with E-state index >= 15 is 0 Å². The molecule has 1 aromatic carbocycles. The van der Waals surface area contributed by atoms with Gasteiger partial charge in [-0.05, 0) is 18.4 Å². The van der Waals surface area contributed by atoms with Gasteiger partial charge in [0.05, 0.1) is 0 Å². The lowest BCUT2D eigenvalue weighted by atomic mass is 10.1. The summed E-state index contributed by atoms with van der Waals surface area (Å²) in [5.74, 6) is 0.163. The molecular formula is C12H16N2OS. The maximum absolute atomic E-state index is 10.2. The number of rotatable bonds is 1. The zero-order chi connectivity index (χ0) is 11.5. The molecule has 0 aliphatic carbocycles. The van der Waals surface area contributed by atoms with Crippen molar-refractivity contribution in [1.82, 2.24) is 0 Å². The highest BCUT2D eigenvalue weighted by molar-refractivity contribution is 8.13. The molecule has 1 aromatic rings. The monoisotopic (exact) mass is 236 g/mol. The van der Waals surface area contributed by atoms with Crippen molar-refractivity contribution in [2.75, 3.05) is 17.7 Å². The van der Waals surface area contributed by atoms with Gasteiger partial charge in [-0.25, -0.2) is 0 Å². The predicted molar refractivity (Wildman–Crippen MR) is 69.9 cm³/mol. The zero-order valence-corrected chi connectivity index (χ0v) is 10.3. The quantitative estimate of drug-likeness (QED) is 0.812. The van der Waals surface area contributed by atoms with Crippen molar-refractivity contribution in [3.05, 3.63) is 30.3 Å². The van der Waals surface area contributed by atoms with Gasteiger partial charge in [0.25, 0.3) is 0 Å². The third kappa shape index (κ3) is 2.08. The molecule has 1 N–H and O–H groups in total. The van der Waals surface area contributed by atoms with Crippen LogP contribution in [0.1, 0.15) is 6.92 Å². The van der Waals surface area contributed by atoms with Gasteiger partial charge >= 0.3 is 0 Å². The van der Waals surface area contributed by atoms with Gasteiger partial charge in [0, 0.05) is 18.2 Å². The van der Waals surface area contributed by atoms with Crippen LogP contribution in [0.5, 0.6) is 0 Å². The topological polar surface area (TPSA) is 35.8 Å². The van der Waals surface area contributed by atoms with Gasteiger partial charge in [-0.1, -0.05) is 36.9 Å². The third-order valence-electron chi connectivity index (χ3n) is 2.71. The summed E-state index contributed by atoms with van der Waals surface area (Å²) in [6, 6.07) is 9.90. The molecule has 0 fully saturated rings. The van der Waals surface area contributed by atoms with E-state index in [1.807, 2.05) is 48.4 Å². The molecule has 0 amide bonds. The minimum atomic E-state index is -0.484. The second-order valence-electron chi connectivity index (χ2n) is 3.92. The van der Waals surface area contributed by atoms with Gasteiger partial charge in [0.15, 0.2) is 5.17 Å². The highest BCUT2D eigenvalue weighted by atomic mass is 32.2. The highest BCUT2D eigenvalue weighted by Gasteiger charge is 2.29. The normalized spacial score (nSPS) is 25.4. The summed E-state index contributed by atoms with van der Waals surface area (Å²) in [7, 11) is 0. The number of aliphatic imine (C=N–C) groups is 1. The minimum Gasteiger partial charge on any atom is -0.373 e. The lowest BCUT2D eigenvalue weighted by molar-refractivity contribution is 0.125. The summed E-state index contributed by atoms with van der Waals surface area (Å²) in [4.78, 5) is 6.38. The number of hydrogen-bond acceptors (Lipinski definition) is 4. The second-order valence-corrected chi connectivity index (χ2v) is 4.70. The maximum Gasteiger partial charge on any atom is 0.165 e. The van der Waals surface area contributed by atoms with Crippen LogP contribution in [0.15, 0.2) is 35.3 Å². The number of para-hydroxylation sites is 1. The number of aliphatic hydroxyl groups excluding tert-OH is 1. The van der Waals surface area contributed by atoms with Gasteiger partial charge in [-0.15, -0.1) is 0 Å². The molecule has 0 saturated carbocycles. The summed E-state index contributed by atoms with van der Waals surface area (Å²) >= 11 is 1.57. The molecule has 0 spiro atoms. The molecule has 16 heavy (non-hydrogen) atoms. The lowest BCUT2D eigenvalue weighted by Crippen LogP contribution is -2.47. The molecule has 1 heterocycles. The molecule has 1 aliphatic heterocycles. The summed E-state index contributed by atoms with van der Waals surface area (Å²) < 4.78 is 0. The molecule has 2 rings (SSSR count). The van der Waals surface area contributed by atoms with Gasteiger partial charge in [0.1, 0.15) is 6.23 Å². The van der Waals surface area contributed by atoms with Crippen molar-refractivity contribution in [3.8, 4) is 0 Å². The average Bonchev–Trinajstić information content (AvgIpc) is 2.33. The van der Waals surface area contributed by atoms with Crippen molar-refractivity contribution in [2.24, 2.45) is 10.9 Å². The molecular weight excluding hydrogens is 220 g/mol. The van der Waals surface area contributed by atoms with Crippen LogP contribution in [-0.2, 0) is 0 Å². The van der Waals surface area contributed by atoms with E-state index in [1.54, 1.807) is 11.8 Å². The third-order valence-corrected chi connectivity index (χ3v) is 3.40. The van der Waals surface area contributed by atoms with E-state index in [9.17, 15) is 5.11 Å². The van der Waals surface area contributed by atoms with Crippen LogP contribution in [0, 0.1) is 5.92 Å². The molecule has 4 heteroatoms. The van der Waals surface area contributed by atoms with Crippen molar-refractivity contribution < 1.29 is 5.11 Å². The Balaban J connectivity index is 2.36. The minimum absolute atomic E-state index is 0.163. The number of benzene rings is 1. The van der Waals surface area contributed by atoms with Gasteiger partial charge < -0.3 is 5.11 Å². The van der Waals surface area contributed by atoms with Crippen LogP contribution in [-0.4, -0.2) is 29.3 Å². The van der Waals surface area contributed by atoms with Crippen molar-refractivity contribution in [3.63, 3.8) is 0 Å². The van der Waals surface area contributed by atoms with Crippen LogP contribution >= 0.6 is 11.8 Å². The number of aliphatic hydroxyl groups is 1. The Labute approximate surface area is 100 Å². The maximum atomic E-state index is 10.2. The molecule has 0 aromatic heterocycles. The van der Waals surface area contributed by atoms with E-state index in [0.29, 0.717) is 6.54 Å². The van der Waals surface area contributed by atoms with E-state index in [0.717, 1.165) is 10.9 Å². The van der Waals surface area contributed by atoms with Crippen molar-refractivity contribution >= 4 is 22.6 Å². The smallest absolute Gasteiger partial charge is 0.165 e. The zero-order valence-electron chi connectivity index (χ0n) is 9.50. The molecule has 0 unspecified atom stereocenters. The largest absolute Gasteiger partial charge is 0.373 e. The lowest BCUT2D eigenvalue weighted by Gasteiger charge is -2.36. The fourth-order valence-corrected chi connectivity index (χ4v) is 2.39. The summed E-state index contributed by atoms with van der Waals surface area (Å²) in [6.45, 7) is 2.71. The van der Waals surface area contributed by atoms with Crippen molar-refractivity contribution in [1.29, 1.82) is 0 Å². The molecule has 3 nitrogen and oxygen atoms in total. The van der Waals surface area contributed by atoms with Crippen LogP contribution in [0.3, 0.4) is 0 Å². The fourth-order valence-electron chi connectivity index (χ4n) is 1.77. The Morgan fingerprint density at radius 3 is 2.69 bits per heavy atom. The number of anilines is 1. The Hall–Kier alpha value is -1.00. The standard InChI is InChI=1S/C12H16N2OS/c1-9-8-13-12(16-2)14(11(9)15)10-6-4-3-5-7-10/h3-7,9,11,15H,8H2,1-2H3/t9-,11+/m0/s1. The van der Waals surface area contributed by atoms with E-state index in [1.165, 1.54) is 0 Å². The number of hydrogen-bond donors (Lipinski definition) is 1. The SMILES string of the molecule is CSC1=NC[C@H](C)[C@@H](O)N1c1ccccc1. The van der Waals surface area contributed by atoms with Gasteiger partial charge in [-0.2, -0.15) is 0 Å². The first-order valence-corrected chi connectivity index (χ1v) is 6.57. The van der Waals surface area contributed by atoms with E-state index in [2.05, 4.69) is 4.99 Å². The number of nitrogens with zero attached hydrogens (tertiary/aromatic N) is 2. The van der Waals surface area contributed by atoms with E-state index in [4.69, 9.17) is 0 Å². The first-order valence-electron chi connectivity index (χ1n) is 5.35. The molecule has 86 valence electrons. The Morgan fingerprint density at radius 1 is 1.38 bits per heavy atom. The van der Waals surface area contributed by atoms with Crippen LogP contribution in [0.25, 0.3) is 0 Å². The first-order chi connectivity index (χ1) is 7.74. The Morgan fingerprint density at radius 2 is 2.06 bits per heavy atom. The predicted octanol–water partition coefficient (Wildman–Crippen LogP) is 2.18. The first kappa shape index (κ1) is 11.5. The Kier molecular flexibility index (Phi) is 3.51. The van der Waals surface area contributed by atoms with Crippen molar-refractivity contribution in [2.45, 2.75) is 13.2 Å². The fraction of sp³-hybridized carbons (Fsp3) is 0.417. The van der Waals surface area contributed by atoms with Crippen LogP contribution < -0.4 is 4.90 Å². The van der Waals surface area contributed by atoms with E-state index in [-0.39, 0.29) is 5.92 Å². The second kappa shape index (κ2) is 4.89. The molecule has 2 atom stereocenters. The molecule has 1 aliphatic rings. The van der Waals surface area contributed by atoms with Crippen LogP contribution in [0.4, 0.5) is 5.69 Å². The summed E-state index contributed by atoms with van der Waals surface area (Å²) in [6.07, 6.45) is 1.50.